The molecule has 122 valence electrons. The molecule has 0 aliphatic rings. The first-order chi connectivity index (χ1) is 10.9. The molecule has 0 saturated heterocycles. The van der Waals surface area contributed by atoms with Crippen molar-refractivity contribution in [2.45, 2.75) is 12.8 Å². The van der Waals surface area contributed by atoms with Gasteiger partial charge in [0, 0.05) is 16.1 Å². The molecule has 0 spiro atoms. The fourth-order valence-electron chi connectivity index (χ4n) is 1.93. The molecule has 2 aromatic rings. The number of alkyl halides is 2. The van der Waals surface area contributed by atoms with E-state index in [1.54, 1.807) is 6.92 Å². The summed E-state index contributed by atoms with van der Waals surface area (Å²) in [5, 5.41) is 0.396. The van der Waals surface area contributed by atoms with Crippen LogP contribution in [0.3, 0.4) is 0 Å². The van der Waals surface area contributed by atoms with Crippen LogP contribution in [-0.2, 0) is 15.5 Å². The molecular weight excluding hydrogens is 326 g/mol. The lowest BCUT2D eigenvalue weighted by Crippen LogP contribution is -2.16. The van der Waals surface area contributed by atoms with Crippen LogP contribution in [0.1, 0.15) is 18.1 Å². The Kier molecular flexibility index (Phi) is 5.55. The van der Waals surface area contributed by atoms with E-state index in [0.717, 1.165) is 0 Å². The van der Waals surface area contributed by atoms with Gasteiger partial charge in [0.15, 0.2) is 6.61 Å². The number of ether oxygens (including phenoxy) is 2. The minimum absolute atomic E-state index is 0.151. The third-order valence-corrected chi connectivity index (χ3v) is 3.34. The summed E-state index contributed by atoms with van der Waals surface area (Å²) < 4.78 is 38.7. The zero-order valence-electron chi connectivity index (χ0n) is 12.4. The molecule has 0 fully saturated rings. The lowest BCUT2D eigenvalue weighted by molar-refractivity contribution is -0.145. The second-order valence-corrected chi connectivity index (χ2v) is 5.14. The van der Waals surface area contributed by atoms with Crippen molar-refractivity contribution in [2.24, 2.45) is 0 Å². The molecule has 0 unspecified atom stereocenters. The molecule has 23 heavy (non-hydrogen) atoms. The number of halogens is 3. The molecule has 0 atom stereocenters. The minimum Gasteiger partial charge on any atom is -0.482 e. The van der Waals surface area contributed by atoms with Crippen molar-refractivity contribution in [2.75, 3.05) is 13.2 Å². The van der Waals surface area contributed by atoms with Crippen LogP contribution in [0.15, 0.2) is 48.5 Å². The first-order valence-corrected chi connectivity index (χ1v) is 7.34. The number of rotatable bonds is 6. The highest BCUT2D eigenvalue weighted by Gasteiger charge is 2.33. The standard InChI is InChI=1S/C17H15ClF2O3/c1-2-22-16(21)11-23-15-9-5-13(6-10-15)17(19,20)12-3-7-14(18)8-4-12/h3-10H,2,11H2,1H3. The first-order valence-electron chi connectivity index (χ1n) is 6.96. The van der Waals surface area contributed by atoms with E-state index in [9.17, 15) is 13.6 Å². The fourth-order valence-corrected chi connectivity index (χ4v) is 2.06. The Labute approximate surface area is 137 Å². The molecule has 0 aliphatic heterocycles. The van der Waals surface area contributed by atoms with Crippen molar-refractivity contribution in [3.05, 3.63) is 64.7 Å². The third-order valence-electron chi connectivity index (χ3n) is 3.09. The average Bonchev–Trinajstić information content (AvgIpc) is 2.54. The van der Waals surface area contributed by atoms with Gasteiger partial charge in [0.2, 0.25) is 0 Å². The summed E-state index contributed by atoms with van der Waals surface area (Å²) in [4.78, 5) is 11.2. The highest BCUT2D eigenvalue weighted by atomic mass is 35.5. The molecule has 0 saturated carbocycles. The fraction of sp³-hybridized carbons (Fsp3) is 0.235. The quantitative estimate of drug-likeness (QED) is 0.730. The number of hydrogen-bond donors (Lipinski definition) is 0. The Bertz CT molecular complexity index is 655. The lowest BCUT2D eigenvalue weighted by Gasteiger charge is -2.17. The van der Waals surface area contributed by atoms with Crippen LogP contribution in [0, 0.1) is 0 Å². The summed E-state index contributed by atoms with van der Waals surface area (Å²) in [6, 6.07) is 10.7. The van der Waals surface area contributed by atoms with Gasteiger partial charge in [-0.25, -0.2) is 4.79 Å². The van der Waals surface area contributed by atoms with Crippen LogP contribution in [0.5, 0.6) is 5.75 Å². The van der Waals surface area contributed by atoms with E-state index in [-0.39, 0.29) is 24.3 Å². The van der Waals surface area contributed by atoms with Gasteiger partial charge in [-0.1, -0.05) is 23.7 Å². The van der Waals surface area contributed by atoms with Gasteiger partial charge in [0.25, 0.3) is 5.92 Å². The van der Waals surface area contributed by atoms with Crippen LogP contribution in [0.4, 0.5) is 8.78 Å². The molecule has 0 aromatic heterocycles. The van der Waals surface area contributed by atoms with Gasteiger partial charge in [-0.3, -0.25) is 0 Å². The average molecular weight is 341 g/mol. The van der Waals surface area contributed by atoms with Gasteiger partial charge in [-0.15, -0.1) is 0 Å². The van der Waals surface area contributed by atoms with E-state index in [1.807, 2.05) is 0 Å². The van der Waals surface area contributed by atoms with E-state index in [0.29, 0.717) is 10.8 Å². The second kappa shape index (κ2) is 7.42. The SMILES string of the molecule is CCOC(=O)COc1ccc(C(F)(F)c2ccc(Cl)cc2)cc1. The zero-order chi connectivity index (χ0) is 16.9. The Morgan fingerprint density at radius 2 is 1.57 bits per heavy atom. The third kappa shape index (κ3) is 4.42. The minimum atomic E-state index is -3.15. The normalized spacial score (nSPS) is 11.1. The Hall–Kier alpha value is -2.14. The molecule has 2 rings (SSSR count). The van der Waals surface area contributed by atoms with E-state index in [4.69, 9.17) is 21.1 Å². The molecule has 0 amide bonds. The van der Waals surface area contributed by atoms with Crippen molar-refractivity contribution in [3.63, 3.8) is 0 Å². The number of carbonyl (C=O) groups is 1. The van der Waals surface area contributed by atoms with Gasteiger partial charge >= 0.3 is 5.97 Å². The summed E-state index contributed by atoms with van der Waals surface area (Å²) in [5.74, 6) is -3.35. The Balaban J connectivity index is 2.09. The van der Waals surface area contributed by atoms with E-state index >= 15 is 0 Å². The van der Waals surface area contributed by atoms with Gasteiger partial charge < -0.3 is 9.47 Å². The van der Waals surface area contributed by atoms with Gasteiger partial charge in [0.05, 0.1) is 6.61 Å². The molecule has 3 nitrogen and oxygen atoms in total. The summed E-state index contributed by atoms with van der Waals surface area (Å²) in [7, 11) is 0. The van der Waals surface area contributed by atoms with Gasteiger partial charge in [-0.2, -0.15) is 8.78 Å². The van der Waals surface area contributed by atoms with Crippen molar-refractivity contribution >= 4 is 17.6 Å². The monoisotopic (exact) mass is 340 g/mol. The molecule has 6 heteroatoms. The molecular formula is C17H15ClF2O3. The van der Waals surface area contributed by atoms with Crippen molar-refractivity contribution in [3.8, 4) is 5.75 Å². The largest absolute Gasteiger partial charge is 0.482 e. The summed E-state index contributed by atoms with van der Waals surface area (Å²) in [5.41, 5.74) is -0.328. The molecule has 0 N–H and O–H groups in total. The van der Waals surface area contributed by atoms with Crippen molar-refractivity contribution in [1.29, 1.82) is 0 Å². The van der Waals surface area contributed by atoms with Crippen molar-refractivity contribution < 1.29 is 23.0 Å². The summed E-state index contributed by atoms with van der Waals surface area (Å²) in [6.07, 6.45) is 0. The van der Waals surface area contributed by atoms with E-state index in [2.05, 4.69) is 0 Å². The van der Waals surface area contributed by atoms with Gasteiger partial charge in [-0.05, 0) is 43.3 Å². The van der Waals surface area contributed by atoms with Crippen LogP contribution < -0.4 is 4.74 Å². The Morgan fingerprint density at radius 1 is 1.04 bits per heavy atom. The topological polar surface area (TPSA) is 35.5 Å². The Morgan fingerprint density at radius 3 is 2.09 bits per heavy atom. The lowest BCUT2D eigenvalue weighted by atomic mass is 10.0. The summed E-state index contributed by atoms with van der Waals surface area (Å²) in [6.45, 7) is 1.68. The molecule has 0 radical (unpaired) electrons. The maximum atomic E-state index is 14.4. The van der Waals surface area contributed by atoms with Crippen LogP contribution in [-0.4, -0.2) is 19.2 Å². The van der Waals surface area contributed by atoms with Crippen molar-refractivity contribution in [1.82, 2.24) is 0 Å². The van der Waals surface area contributed by atoms with Crippen LogP contribution in [0.25, 0.3) is 0 Å². The molecule has 2 aromatic carbocycles. The van der Waals surface area contributed by atoms with E-state index < -0.39 is 11.9 Å². The maximum absolute atomic E-state index is 14.4. The highest BCUT2D eigenvalue weighted by Crippen LogP contribution is 2.36. The number of benzene rings is 2. The first kappa shape index (κ1) is 17.2. The summed E-state index contributed by atoms with van der Waals surface area (Å²) >= 11 is 5.71. The zero-order valence-corrected chi connectivity index (χ0v) is 13.1. The highest BCUT2D eigenvalue weighted by molar-refractivity contribution is 6.30. The molecule has 0 bridgehead atoms. The molecule has 0 heterocycles. The molecule has 0 aliphatic carbocycles. The smallest absolute Gasteiger partial charge is 0.344 e. The predicted octanol–water partition coefficient (Wildman–Crippen LogP) is 4.42. The predicted molar refractivity (Wildman–Crippen MR) is 83.0 cm³/mol. The number of hydrogen-bond acceptors (Lipinski definition) is 3. The van der Waals surface area contributed by atoms with Crippen LogP contribution >= 0.6 is 11.6 Å². The number of carbonyl (C=O) groups excluding carboxylic acids is 1. The second-order valence-electron chi connectivity index (χ2n) is 4.70. The van der Waals surface area contributed by atoms with Gasteiger partial charge in [0.1, 0.15) is 5.75 Å². The van der Waals surface area contributed by atoms with Crippen LogP contribution in [0.2, 0.25) is 5.02 Å². The van der Waals surface area contributed by atoms with E-state index in [1.165, 1.54) is 48.5 Å². The maximum Gasteiger partial charge on any atom is 0.344 e. The number of esters is 1.